The lowest BCUT2D eigenvalue weighted by atomic mass is 10.1. The second-order valence-corrected chi connectivity index (χ2v) is 7.75. The zero-order valence-corrected chi connectivity index (χ0v) is 17.5. The molecule has 0 aliphatic carbocycles. The minimum absolute atomic E-state index is 0.239. The van der Waals surface area contributed by atoms with Gasteiger partial charge in [0.25, 0.3) is 5.91 Å². The van der Waals surface area contributed by atoms with E-state index in [1.807, 2.05) is 43.3 Å². The summed E-state index contributed by atoms with van der Waals surface area (Å²) in [4.78, 5) is 13.1. The van der Waals surface area contributed by atoms with E-state index in [-0.39, 0.29) is 11.0 Å². The molecule has 0 bridgehead atoms. The fourth-order valence-corrected chi connectivity index (χ4v) is 3.86. The van der Waals surface area contributed by atoms with E-state index >= 15 is 0 Å². The van der Waals surface area contributed by atoms with Gasteiger partial charge in [0, 0.05) is 16.8 Å². The molecule has 0 saturated carbocycles. The molecular formula is C20H18N6OS2. The number of hydrogen-bond donors (Lipinski definition) is 2. The van der Waals surface area contributed by atoms with E-state index in [2.05, 4.69) is 32.9 Å². The van der Waals surface area contributed by atoms with Gasteiger partial charge in [-0.05, 0) is 67.5 Å². The van der Waals surface area contributed by atoms with Gasteiger partial charge in [0.1, 0.15) is 5.01 Å². The number of hydrogen-bond acceptors (Lipinski definition) is 6. The topological polar surface area (TPSA) is 84.2 Å². The fourth-order valence-electron chi connectivity index (χ4n) is 2.76. The molecule has 146 valence electrons. The van der Waals surface area contributed by atoms with Crippen molar-refractivity contribution in [1.82, 2.24) is 25.1 Å². The van der Waals surface area contributed by atoms with E-state index in [1.165, 1.54) is 16.9 Å². The molecule has 0 atom stereocenters. The van der Waals surface area contributed by atoms with Crippen molar-refractivity contribution in [3.63, 3.8) is 0 Å². The Bertz CT molecular complexity index is 1180. The molecule has 2 N–H and O–H groups in total. The molecule has 2 aromatic carbocycles. The highest BCUT2D eigenvalue weighted by Gasteiger charge is 2.11. The van der Waals surface area contributed by atoms with Crippen LogP contribution in [0.2, 0.25) is 0 Å². The van der Waals surface area contributed by atoms with Crippen LogP contribution in [-0.2, 0) is 6.42 Å². The van der Waals surface area contributed by atoms with Gasteiger partial charge >= 0.3 is 0 Å². The van der Waals surface area contributed by atoms with Crippen LogP contribution in [0.15, 0.2) is 48.5 Å². The van der Waals surface area contributed by atoms with Crippen molar-refractivity contribution in [2.45, 2.75) is 20.3 Å². The minimum atomic E-state index is -0.239. The van der Waals surface area contributed by atoms with Gasteiger partial charge in [0.05, 0.1) is 0 Å². The third-order valence-corrected chi connectivity index (χ3v) is 5.54. The van der Waals surface area contributed by atoms with Gasteiger partial charge in [-0.15, -0.1) is 10.2 Å². The van der Waals surface area contributed by atoms with Crippen molar-refractivity contribution < 1.29 is 4.79 Å². The van der Waals surface area contributed by atoms with Crippen molar-refractivity contribution in [3.05, 3.63) is 65.5 Å². The van der Waals surface area contributed by atoms with Gasteiger partial charge in [-0.25, -0.2) is 0 Å². The number of anilines is 1. The molecule has 1 amide bonds. The van der Waals surface area contributed by atoms with Crippen molar-refractivity contribution in [3.8, 4) is 10.6 Å². The maximum atomic E-state index is 12.3. The summed E-state index contributed by atoms with van der Waals surface area (Å²) in [6, 6.07) is 15.1. The number of benzene rings is 2. The molecule has 4 rings (SSSR count). The molecule has 0 aliphatic heterocycles. The van der Waals surface area contributed by atoms with Crippen molar-refractivity contribution in [1.29, 1.82) is 0 Å². The highest BCUT2D eigenvalue weighted by atomic mass is 32.1. The average Bonchev–Trinajstić information content (AvgIpc) is 3.30. The summed E-state index contributed by atoms with van der Waals surface area (Å²) < 4.78 is 1.73. The van der Waals surface area contributed by atoms with Crippen LogP contribution >= 0.6 is 23.6 Å². The lowest BCUT2D eigenvalue weighted by Gasteiger charge is -2.10. The van der Waals surface area contributed by atoms with Crippen LogP contribution in [0.25, 0.3) is 15.5 Å². The minimum Gasteiger partial charge on any atom is -0.332 e. The second-order valence-electron chi connectivity index (χ2n) is 6.38. The molecule has 0 fully saturated rings. The fraction of sp³-hybridized carbons (Fsp3) is 0.150. The number of carbonyl (C=O) groups is 1. The summed E-state index contributed by atoms with van der Waals surface area (Å²) >= 11 is 6.74. The summed E-state index contributed by atoms with van der Waals surface area (Å²) in [5.74, 6) is 0.517. The summed E-state index contributed by atoms with van der Waals surface area (Å²) in [6.45, 7) is 3.94. The summed E-state index contributed by atoms with van der Waals surface area (Å²) in [5, 5.41) is 19.4. The Morgan fingerprint density at radius 2 is 1.83 bits per heavy atom. The first kappa shape index (κ1) is 19.2. The molecule has 7 nitrogen and oxygen atoms in total. The number of aromatic nitrogens is 4. The maximum Gasteiger partial charge on any atom is 0.257 e. The molecule has 9 heteroatoms. The molecular weight excluding hydrogens is 404 g/mol. The summed E-state index contributed by atoms with van der Waals surface area (Å²) in [6.07, 6.45) is 0.933. The molecule has 0 unspecified atom stereocenters. The molecule has 4 aromatic rings. The SMILES string of the molecule is CCc1ccc(C(=O)NC(=S)Nc2ccc(-c3nn4c(C)nnc4s3)cc2)cc1. The lowest BCUT2D eigenvalue weighted by molar-refractivity contribution is 0.0977. The Balaban J connectivity index is 1.39. The number of carbonyl (C=O) groups excluding carboxylic acids is 1. The predicted molar refractivity (Wildman–Crippen MR) is 118 cm³/mol. The van der Waals surface area contributed by atoms with Crippen molar-refractivity contribution in [2.24, 2.45) is 0 Å². The Morgan fingerprint density at radius 3 is 2.48 bits per heavy atom. The molecule has 29 heavy (non-hydrogen) atoms. The number of fused-ring (bicyclic) bond motifs is 1. The number of thiocarbonyl (C=S) groups is 1. The largest absolute Gasteiger partial charge is 0.332 e. The first-order valence-electron chi connectivity index (χ1n) is 9.04. The number of aryl methyl sites for hydroxylation is 2. The number of nitrogens with zero attached hydrogens (tertiary/aromatic N) is 4. The maximum absolute atomic E-state index is 12.3. The Kier molecular flexibility index (Phi) is 5.32. The molecule has 2 heterocycles. The van der Waals surface area contributed by atoms with Crippen LogP contribution in [0.4, 0.5) is 5.69 Å². The van der Waals surface area contributed by atoms with Gasteiger partial charge in [0.2, 0.25) is 4.96 Å². The molecule has 0 saturated heterocycles. The smallest absolute Gasteiger partial charge is 0.257 e. The van der Waals surface area contributed by atoms with Crippen LogP contribution in [-0.4, -0.2) is 30.8 Å². The van der Waals surface area contributed by atoms with Crippen LogP contribution < -0.4 is 10.6 Å². The molecule has 0 radical (unpaired) electrons. The van der Waals surface area contributed by atoms with Crippen LogP contribution in [0, 0.1) is 6.92 Å². The van der Waals surface area contributed by atoms with E-state index in [0.717, 1.165) is 33.5 Å². The van der Waals surface area contributed by atoms with Crippen molar-refractivity contribution in [2.75, 3.05) is 5.32 Å². The number of amides is 1. The van der Waals surface area contributed by atoms with E-state index in [0.29, 0.717) is 5.56 Å². The summed E-state index contributed by atoms with van der Waals surface area (Å²) in [5.41, 5.74) is 3.50. The van der Waals surface area contributed by atoms with Gasteiger partial charge in [-0.1, -0.05) is 30.4 Å². The van der Waals surface area contributed by atoms with Crippen LogP contribution in [0.5, 0.6) is 0 Å². The van der Waals surface area contributed by atoms with E-state index in [4.69, 9.17) is 12.2 Å². The zero-order valence-electron chi connectivity index (χ0n) is 15.8. The molecule has 2 aromatic heterocycles. The average molecular weight is 423 g/mol. The highest BCUT2D eigenvalue weighted by Crippen LogP contribution is 2.26. The molecule has 0 spiro atoms. The van der Waals surface area contributed by atoms with Gasteiger partial charge in [-0.2, -0.15) is 9.61 Å². The monoisotopic (exact) mass is 422 g/mol. The number of rotatable bonds is 4. The highest BCUT2D eigenvalue weighted by molar-refractivity contribution is 7.80. The Morgan fingerprint density at radius 1 is 1.10 bits per heavy atom. The summed E-state index contributed by atoms with van der Waals surface area (Å²) in [7, 11) is 0. The van der Waals surface area contributed by atoms with Gasteiger partial charge in [0.15, 0.2) is 10.9 Å². The van der Waals surface area contributed by atoms with E-state index in [9.17, 15) is 4.79 Å². The van der Waals surface area contributed by atoms with E-state index < -0.39 is 0 Å². The first-order valence-corrected chi connectivity index (χ1v) is 10.3. The standard InChI is InChI=1S/C20H18N6OS2/c1-3-13-4-6-14(7-5-13)17(27)22-19(28)21-16-10-8-15(9-11-16)18-25-26-12(2)23-24-20(26)29-18/h4-11H,3H2,1-2H3,(H2,21,22,27,28). The Hall–Kier alpha value is -3.17. The second kappa shape index (κ2) is 8.06. The third kappa shape index (κ3) is 4.15. The van der Waals surface area contributed by atoms with Crippen LogP contribution in [0.1, 0.15) is 28.7 Å². The molecule has 0 aliphatic rings. The van der Waals surface area contributed by atoms with Gasteiger partial charge < -0.3 is 5.32 Å². The third-order valence-electron chi connectivity index (χ3n) is 4.39. The lowest BCUT2D eigenvalue weighted by Crippen LogP contribution is -2.34. The zero-order chi connectivity index (χ0) is 20.4. The van der Waals surface area contributed by atoms with Crippen molar-refractivity contribution >= 4 is 45.2 Å². The van der Waals surface area contributed by atoms with Gasteiger partial charge in [-0.3, -0.25) is 10.1 Å². The van der Waals surface area contributed by atoms with Crippen LogP contribution in [0.3, 0.4) is 0 Å². The number of nitrogens with one attached hydrogen (secondary N) is 2. The first-order chi connectivity index (χ1) is 14.0. The quantitative estimate of drug-likeness (QED) is 0.486. The normalized spacial score (nSPS) is 10.8. The van der Waals surface area contributed by atoms with E-state index in [1.54, 1.807) is 16.6 Å². The Labute approximate surface area is 176 Å². The predicted octanol–water partition coefficient (Wildman–Crippen LogP) is 3.85.